The van der Waals surface area contributed by atoms with Crippen LogP contribution in [0.15, 0.2) is 24.3 Å². The Kier molecular flexibility index (Phi) is 3.87. The van der Waals surface area contributed by atoms with Crippen LogP contribution in [0.1, 0.15) is 15.9 Å². The van der Waals surface area contributed by atoms with E-state index in [1.165, 1.54) is 12.1 Å². The van der Waals surface area contributed by atoms with Gasteiger partial charge in [-0.15, -0.1) is 10.2 Å². The average Bonchev–Trinajstić information content (AvgIpc) is 2.36. The number of hydrogen-bond donors (Lipinski definition) is 2. The van der Waals surface area contributed by atoms with Crippen LogP contribution in [-0.4, -0.2) is 21.3 Å². The summed E-state index contributed by atoms with van der Waals surface area (Å²) in [6, 6.07) is 6.47. The van der Waals surface area contributed by atoms with Crippen molar-refractivity contribution in [3.05, 3.63) is 45.7 Å². The van der Waals surface area contributed by atoms with Gasteiger partial charge in [0.25, 0.3) is 0 Å². The minimum absolute atomic E-state index is 0.154. The molecule has 98 valence electrons. The number of nitrogens with one attached hydrogen (secondary N) is 1. The van der Waals surface area contributed by atoms with Gasteiger partial charge >= 0.3 is 5.97 Å². The van der Waals surface area contributed by atoms with Crippen molar-refractivity contribution in [2.75, 3.05) is 5.32 Å². The van der Waals surface area contributed by atoms with E-state index in [0.717, 1.165) is 0 Å². The van der Waals surface area contributed by atoms with E-state index in [2.05, 4.69) is 15.5 Å². The van der Waals surface area contributed by atoms with E-state index in [-0.39, 0.29) is 15.9 Å². The second-order valence-corrected chi connectivity index (χ2v) is 4.58. The van der Waals surface area contributed by atoms with E-state index in [1.807, 2.05) is 0 Å². The van der Waals surface area contributed by atoms with Crippen LogP contribution in [-0.2, 0) is 0 Å². The maximum Gasteiger partial charge on any atom is 0.336 e. The van der Waals surface area contributed by atoms with Crippen LogP contribution in [0.2, 0.25) is 10.3 Å². The Morgan fingerprint density at radius 2 is 2.00 bits per heavy atom. The van der Waals surface area contributed by atoms with Crippen LogP contribution < -0.4 is 5.32 Å². The lowest BCUT2D eigenvalue weighted by atomic mass is 10.1. The van der Waals surface area contributed by atoms with Crippen molar-refractivity contribution in [2.45, 2.75) is 6.92 Å². The highest BCUT2D eigenvalue weighted by Crippen LogP contribution is 2.26. The maximum atomic E-state index is 11.1. The van der Waals surface area contributed by atoms with Gasteiger partial charge in [0.15, 0.2) is 10.3 Å². The number of carboxylic acid groups (broad SMARTS) is 1. The summed E-state index contributed by atoms with van der Waals surface area (Å²) >= 11 is 11.6. The fraction of sp³-hybridized carbons (Fsp3) is 0.0833. The van der Waals surface area contributed by atoms with Gasteiger partial charge in [-0.1, -0.05) is 29.3 Å². The number of rotatable bonds is 3. The summed E-state index contributed by atoms with van der Waals surface area (Å²) in [7, 11) is 0. The first-order chi connectivity index (χ1) is 8.97. The van der Waals surface area contributed by atoms with Crippen LogP contribution in [0.4, 0.5) is 11.4 Å². The number of aryl methyl sites for hydroxylation is 1. The number of nitrogens with zero attached hydrogens (tertiary/aromatic N) is 2. The van der Waals surface area contributed by atoms with Crippen LogP contribution in [0, 0.1) is 6.92 Å². The predicted octanol–water partition coefficient (Wildman–Crippen LogP) is 3.53. The van der Waals surface area contributed by atoms with Gasteiger partial charge in [-0.25, -0.2) is 4.79 Å². The second kappa shape index (κ2) is 5.42. The molecule has 0 saturated heterocycles. The summed E-state index contributed by atoms with van der Waals surface area (Å²) in [6.45, 7) is 1.73. The first kappa shape index (κ1) is 13.6. The molecule has 0 aliphatic carbocycles. The van der Waals surface area contributed by atoms with Gasteiger partial charge in [0.05, 0.1) is 11.3 Å². The molecule has 0 fully saturated rings. The molecule has 1 aromatic carbocycles. The van der Waals surface area contributed by atoms with E-state index in [4.69, 9.17) is 28.3 Å². The van der Waals surface area contributed by atoms with Gasteiger partial charge in [-0.2, -0.15) is 0 Å². The average molecular weight is 298 g/mol. The zero-order chi connectivity index (χ0) is 14.0. The lowest BCUT2D eigenvalue weighted by Crippen LogP contribution is -2.01. The van der Waals surface area contributed by atoms with Crippen molar-refractivity contribution in [1.29, 1.82) is 0 Å². The molecule has 1 aromatic heterocycles. The normalized spacial score (nSPS) is 10.3. The van der Waals surface area contributed by atoms with Gasteiger partial charge in [-0.3, -0.25) is 0 Å². The molecule has 19 heavy (non-hydrogen) atoms. The molecule has 0 bridgehead atoms. The molecule has 0 spiro atoms. The molecular formula is C12H9Cl2N3O2. The van der Waals surface area contributed by atoms with Gasteiger partial charge in [0.2, 0.25) is 0 Å². The molecule has 1 heterocycles. The number of aromatic carboxylic acids is 1. The van der Waals surface area contributed by atoms with E-state index in [1.54, 1.807) is 19.1 Å². The molecule has 2 rings (SSSR count). The Labute approximate surface area is 119 Å². The number of hydrogen-bond acceptors (Lipinski definition) is 4. The zero-order valence-electron chi connectivity index (χ0n) is 9.82. The molecule has 0 atom stereocenters. The van der Waals surface area contributed by atoms with Gasteiger partial charge in [0.1, 0.15) is 0 Å². The smallest absolute Gasteiger partial charge is 0.336 e. The molecule has 0 unspecified atom stereocenters. The molecular weight excluding hydrogens is 289 g/mol. The van der Waals surface area contributed by atoms with Crippen molar-refractivity contribution in [3.8, 4) is 0 Å². The van der Waals surface area contributed by atoms with E-state index < -0.39 is 5.97 Å². The molecule has 2 aromatic rings. The summed E-state index contributed by atoms with van der Waals surface area (Å²) in [6.07, 6.45) is 0. The Morgan fingerprint density at radius 1 is 1.26 bits per heavy atom. The van der Waals surface area contributed by atoms with E-state index >= 15 is 0 Å². The lowest BCUT2D eigenvalue weighted by Gasteiger charge is -2.09. The highest BCUT2D eigenvalue weighted by Gasteiger charge is 2.09. The van der Waals surface area contributed by atoms with E-state index in [9.17, 15) is 4.79 Å². The highest BCUT2D eigenvalue weighted by molar-refractivity contribution is 6.33. The van der Waals surface area contributed by atoms with Crippen molar-refractivity contribution in [2.24, 2.45) is 0 Å². The van der Waals surface area contributed by atoms with Gasteiger partial charge in [0, 0.05) is 11.8 Å². The van der Waals surface area contributed by atoms with Crippen LogP contribution >= 0.6 is 23.2 Å². The number of carbonyl (C=O) groups is 1. The molecule has 2 N–H and O–H groups in total. The number of carboxylic acids is 1. The predicted molar refractivity (Wildman–Crippen MR) is 73.5 cm³/mol. The Bertz CT molecular complexity index is 647. The third-order valence-corrected chi connectivity index (χ3v) is 2.93. The van der Waals surface area contributed by atoms with Crippen LogP contribution in [0.3, 0.4) is 0 Å². The fourth-order valence-corrected chi connectivity index (χ4v) is 1.81. The lowest BCUT2D eigenvalue weighted by molar-refractivity contribution is 0.0696. The van der Waals surface area contributed by atoms with E-state index in [0.29, 0.717) is 16.9 Å². The number of benzene rings is 1. The van der Waals surface area contributed by atoms with Crippen molar-refractivity contribution in [3.63, 3.8) is 0 Å². The molecule has 0 aliphatic heterocycles. The first-order valence-corrected chi connectivity index (χ1v) is 6.02. The van der Waals surface area contributed by atoms with Crippen molar-refractivity contribution >= 4 is 40.5 Å². The monoisotopic (exact) mass is 297 g/mol. The minimum atomic E-state index is -0.988. The number of halogens is 2. The number of anilines is 2. The fourth-order valence-electron chi connectivity index (χ4n) is 1.53. The first-order valence-electron chi connectivity index (χ1n) is 5.27. The molecule has 7 heteroatoms. The van der Waals surface area contributed by atoms with Gasteiger partial charge < -0.3 is 10.4 Å². The summed E-state index contributed by atoms with van der Waals surface area (Å²) in [5.41, 5.74) is 1.93. The SMILES string of the molecule is Cc1ccc(Nc2cc(Cl)nnc2Cl)cc1C(=O)O. The summed E-state index contributed by atoms with van der Waals surface area (Å²) in [5, 5.41) is 19.6. The minimum Gasteiger partial charge on any atom is -0.478 e. The maximum absolute atomic E-state index is 11.1. The third kappa shape index (κ3) is 3.13. The molecule has 0 radical (unpaired) electrons. The number of aromatic nitrogens is 2. The standard InChI is InChI=1S/C12H9Cl2N3O2/c1-6-2-3-7(4-8(6)12(18)19)15-9-5-10(13)16-17-11(9)14/h2-5H,1H3,(H,15,16)(H,18,19). The topological polar surface area (TPSA) is 75.1 Å². The second-order valence-electron chi connectivity index (χ2n) is 3.83. The molecule has 0 saturated carbocycles. The quantitative estimate of drug-likeness (QED) is 0.906. The van der Waals surface area contributed by atoms with Crippen molar-refractivity contribution < 1.29 is 9.90 Å². The Hall–Kier alpha value is -1.85. The molecule has 0 aliphatic rings. The van der Waals surface area contributed by atoms with Crippen molar-refractivity contribution in [1.82, 2.24) is 10.2 Å². The molecule has 0 amide bonds. The summed E-state index contributed by atoms with van der Waals surface area (Å²) < 4.78 is 0. The highest BCUT2D eigenvalue weighted by atomic mass is 35.5. The van der Waals surface area contributed by atoms with Gasteiger partial charge in [-0.05, 0) is 24.6 Å². The zero-order valence-corrected chi connectivity index (χ0v) is 11.3. The Balaban J connectivity index is 2.36. The third-order valence-electron chi connectivity index (χ3n) is 2.47. The van der Waals surface area contributed by atoms with Crippen LogP contribution in [0.5, 0.6) is 0 Å². The summed E-state index contributed by atoms with van der Waals surface area (Å²) in [4.78, 5) is 11.1. The molecule has 5 nitrogen and oxygen atoms in total. The largest absolute Gasteiger partial charge is 0.478 e. The Morgan fingerprint density at radius 3 is 2.68 bits per heavy atom. The van der Waals surface area contributed by atoms with Crippen LogP contribution in [0.25, 0.3) is 0 Å². The summed E-state index contributed by atoms with van der Waals surface area (Å²) in [5.74, 6) is -0.988.